The van der Waals surface area contributed by atoms with Crippen LogP contribution in [0.5, 0.6) is 0 Å². The van der Waals surface area contributed by atoms with E-state index in [0.717, 1.165) is 5.69 Å². The summed E-state index contributed by atoms with van der Waals surface area (Å²) in [7, 11) is -3.57. The highest BCUT2D eigenvalue weighted by Crippen LogP contribution is 2.21. The molecule has 2 fully saturated rings. The van der Waals surface area contributed by atoms with Gasteiger partial charge in [0.05, 0.1) is 13.2 Å². The third kappa shape index (κ3) is 3.30. The summed E-state index contributed by atoms with van der Waals surface area (Å²) in [4.78, 5) is 13.7. The molecule has 0 saturated carbocycles. The number of amides is 1. The van der Waals surface area contributed by atoms with Gasteiger partial charge in [0.2, 0.25) is 5.91 Å². The molecular formula is C14H19N3O4S. The summed E-state index contributed by atoms with van der Waals surface area (Å²) in [6, 6.07) is 8.87. The van der Waals surface area contributed by atoms with E-state index in [1.54, 1.807) is 4.90 Å². The molecule has 1 N–H and O–H groups in total. The molecule has 0 radical (unpaired) electrons. The standard InChI is InChI=1S/C14H19N3O4S/c18-14-10-12(11-17(14)13-4-2-1-3-5-13)15-22(19,20)16-6-8-21-9-7-16/h1-5,12,15H,6-11H2. The molecule has 1 aromatic carbocycles. The lowest BCUT2D eigenvalue weighted by molar-refractivity contribution is -0.117. The number of rotatable bonds is 4. The molecule has 1 unspecified atom stereocenters. The Morgan fingerprint density at radius 1 is 1.14 bits per heavy atom. The fraction of sp³-hybridized carbons (Fsp3) is 0.500. The van der Waals surface area contributed by atoms with Crippen LogP contribution in [0.25, 0.3) is 0 Å². The van der Waals surface area contributed by atoms with Gasteiger partial charge in [-0.3, -0.25) is 4.79 Å². The van der Waals surface area contributed by atoms with E-state index >= 15 is 0 Å². The molecule has 2 heterocycles. The Hall–Kier alpha value is -1.48. The summed E-state index contributed by atoms with van der Waals surface area (Å²) in [5.41, 5.74) is 0.792. The Balaban J connectivity index is 1.66. The molecule has 120 valence electrons. The third-order valence-corrected chi connectivity index (χ3v) is 5.49. The smallest absolute Gasteiger partial charge is 0.279 e. The first-order chi connectivity index (χ1) is 10.6. The lowest BCUT2D eigenvalue weighted by Crippen LogP contribution is -2.50. The number of hydrogen-bond acceptors (Lipinski definition) is 4. The first-order valence-corrected chi connectivity index (χ1v) is 8.71. The van der Waals surface area contributed by atoms with Crippen LogP contribution in [0.2, 0.25) is 0 Å². The summed E-state index contributed by atoms with van der Waals surface area (Å²) in [6.07, 6.45) is 0.179. The number of ether oxygens (including phenoxy) is 1. The maximum absolute atomic E-state index is 12.3. The van der Waals surface area contributed by atoms with Gasteiger partial charge in [-0.1, -0.05) is 18.2 Å². The van der Waals surface area contributed by atoms with Crippen LogP contribution in [0.4, 0.5) is 5.69 Å². The average Bonchev–Trinajstić information content (AvgIpc) is 2.89. The van der Waals surface area contributed by atoms with Crippen molar-refractivity contribution in [1.29, 1.82) is 0 Å². The number of carbonyl (C=O) groups excluding carboxylic acids is 1. The Kier molecular flexibility index (Phi) is 4.44. The molecule has 0 aliphatic carbocycles. The van der Waals surface area contributed by atoms with E-state index in [4.69, 9.17) is 4.74 Å². The van der Waals surface area contributed by atoms with Crippen LogP contribution in [-0.4, -0.2) is 57.5 Å². The summed E-state index contributed by atoms with van der Waals surface area (Å²) < 4.78 is 33.8. The summed E-state index contributed by atoms with van der Waals surface area (Å²) >= 11 is 0. The van der Waals surface area contributed by atoms with Crippen LogP contribution in [0.1, 0.15) is 6.42 Å². The molecular weight excluding hydrogens is 306 g/mol. The maximum atomic E-state index is 12.3. The van der Waals surface area contributed by atoms with Gasteiger partial charge in [0.15, 0.2) is 0 Å². The SMILES string of the molecule is O=C1CC(NS(=O)(=O)N2CCOCC2)CN1c1ccccc1. The number of para-hydroxylation sites is 1. The van der Waals surface area contributed by atoms with Crippen LogP contribution >= 0.6 is 0 Å². The molecule has 7 nitrogen and oxygen atoms in total. The highest BCUT2D eigenvalue weighted by atomic mass is 32.2. The second-order valence-corrected chi connectivity index (χ2v) is 7.08. The fourth-order valence-corrected chi connectivity index (χ4v) is 4.07. The van der Waals surface area contributed by atoms with Gasteiger partial charge in [0.25, 0.3) is 10.2 Å². The highest BCUT2D eigenvalue weighted by Gasteiger charge is 2.35. The minimum absolute atomic E-state index is 0.0686. The van der Waals surface area contributed by atoms with Crippen LogP contribution < -0.4 is 9.62 Å². The van der Waals surface area contributed by atoms with E-state index in [2.05, 4.69) is 4.72 Å². The van der Waals surface area contributed by atoms with Crippen LogP contribution in [0.15, 0.2) is 30.3 Å². The monoisotopic (exact) mass is 325 g/mol. The van der Waals surface area contributed by atoms with Gasteiger partial charge in [0.1, 0.15) is 0 Å². The molecule has 2 saturated heterocycles. The number of anilines is 1. The van der Waals surface area contributed by atoms with Crippen LogP contribution in [0, 0.1) is 0 Å². The van der Waals surface area contributed by atoms with Crippen molar-refractivity contribution in [2.45, 2.75) is 12.5 Å². The Bertz CT molecular complexity index is 629. The molecule has 0 spiro atoms. The van der Waals surface area contributed by atoms with Gasteiger partial charge >= 0.3 is 0 Å². The highest BCUT2D eigenvalue weighted by molar-refractivity contribution is 7.87. The molecule has 2 aliphatic rings. The molecule has 22 heavy (non-hydrogen) atoms. The van der Waals surface area contributed by atoms with E-state index in [1.165, 1.54) is 4.31 Å². The molecule has 3 rings (SSSR count). The van der Waals surface area contributed by atoms with Crippen molar-refractivity contribution in [1.82, 2.24) is 9.03 Å². The molecule has 1 aromatic rings. The average molecular weight is 325 g/mol. The lowest BCUT2D eigenvalue weighted by atomic mass is 10.3. The molecule has 8 heteroatoms. The Labute approximate surface area is 130 Å². The van der Waals surface area contributed by atoms with Gasteiger partial charge in [0, 0.05) is 37.8 Å². The number of nitrogens with zero attached hydrogens (tertiary/aromatic N) is 2. The number of nitrogens with one attached hydrogen (secondary N) is 1. The van der Waals surface area contributed by atoms with Crippen molar-refractivity contribution in [2.24, 2.45) is 0 Å². The summed E-state index contributed by atoms with van der Waals surface area (Å²) in [6.45, 7) is 1.85. The molecule has 2 aliphatic heterocycles. The van der Waals surface area contributed by atoms with Gasteiger partial charge in [-0.15, -0.1) is 0 Å². The Morgan fingerprint density at radius 2 is 1.82 bits per heavy atom. The molecule has 1 amide bonds. The number of morpholine rings is 1. The normalized spacial score (nSPS) is 23.9. The second kappa shape index (κ2) is 6.33. The van der Waals surface area contributed by atoms with Crippen molar-refractivity contribution in [3.8, 4) is 0 Å². The van der Waals surface area contributed by atoms with Crippen molar-refractivity contribution >= 4 is 21.8 Å². The number of carbonyl (C=O) groups is 1. The van der Waals surface area contributed by atoms with Gasteiger partial charge in [-0.05, 0) is 12.1 Å². The van der Waals surface area contributed by atoms with Crippen molar-refractivity contribution in [2.75, 3.05) is 37.7 Å². The molecule has 0 aromatic heterocycles. The van der Waals surface area contributed by atoms with Crippen LogP contribution in [-0.2, 0) is 19.7 Å². The number of hydrogen-bond donors (Lipinski definition) is 1. The first kappa shape index (κ1) is 15.4. The van der Waals surface area contributed by atoms with Crippen molar-refractivity contribution in [3.05, 3.63) is 30.3 Å². The topological polar surface area (TPSA) is 79.0 Å². The van der Waals surface area contributed by atoms with E-state index < -0.39 is 16.3 Å². The van der Waals surface area contributed by atoms with Crippen molar-refractivity contribution in [3.63, 3.8) is 0 Å². The molecule has 1 atom stereocenters. The second-order valence-electron chi connectivity index (χ2n) is 5.38. The van der Waals surface area contributed by atoms with Crippen LogP contribution in [0.3, 0.4) is 0 Å². The van der Waals surface area contributed by atoms with Crippen molar-refractivity contribution < 1.29 is 17.9 Å². The zero-order valence-corrected chi connectivity index (χ0v) is 13.0. The van der Waals surface area contributed by atoms with E-state index in [9.17, 15) is 13.2 Å². The zero-order valence-electron chi connectivity index (χ0n) is 12.1. The lowest BCUT2D eigenvalue weighted by Gasteiger charge is -2.27. The first-order valence-electron chi connectivity index (χ1n) is 7.27. The largest absolute Gasteiger partial charge is 0.379 e. The van der Waals surface area contributed by atoms with Gasteiger partial charge in [-0.2, -0.15) is 17.4 Å². The van der Waals surface area contributed by atoms with Gasteiger partial charge < -0.3 is 9.64 Å². The zero-order chi connectivity index (χ0) is 15.6. The quantitative estimate of drug-likeness (QED) is 0.842. The number of benzene rings is 1. The maximum Gasteiger partial charge on any atom is 0.279 e. The molecule has 0 bridgehead atoms. The Morgan fingerprint density at radius 3 is 2.50 bits per heavy atom. The minimum Gasteiger partial charge on any atom is -0.379 e. The predicted molar refractivity (Wildman–Crippen MR) is 81.6 cm³/mol. The minimum atomic E-state index is -3.57. The van der Waals surface area contributed by atoms with E-state index in [-0.39, 0.29) is 12.3 Å². The predicted octanol–water partition coefficient (Wildman–Crippen LogP) is -0.0415. The fourth-order valence-electron chi connectivity index (χ4n) is 2.72. The summed E-state index contributed by atoms with van der Waals surface area (Å²) in [5.74, 6) is -0.0686. The third-order valence-electron chi connectivity index (χ3n) is 3.82. The summed E-state index contributed by atoms with van der Waals surface area (Å²) in [5, 5.41) is 0. The van der Waals surface area contributed by atoms with E-state index in [0.29, 0.717) is 32.8 Å². The van der Waals surface area contributed by atoms with E-state index in [1.807, 2.05) is 30.3 Å². The van der Waals surface area contributed by atoms with Gasteiger partial charge in [-0.25, -0.2) is 0 Å².